The molecule has 1 heterocycles. The molecule has 2 amide bonds. The summed E-state index contributed by atoms with van der Waals surface area (Å²) in [7, 11) is -1.07. The topological polar surface area (TPSA) is 105 Å². The normalized spacial score (nSPS) is 15.2. The predicted molar refractivity (Wildman–Crippen MR) is 110 cm³/mol. The third-order valence-electron chi connectivity index (χ3n) is 5.20. The van der Waals surface area contributed by atoms with Crippen molar-refractivity contribution in [3.05, 3.63) is 23.8 Å². The van der Waals surface area contributed by atoms with E-state index >= 15 is 0 Å². The van der Waals surface area contributed by atoms with E-state index in [9.17, 15) is 18.0 Å². The molecule has 1 aromatic rings. The Kier molecular flexibility index (Phi) is 8.45. The maximum absolute atomic E-state index is 12.9. The van der Waals surface area contributed by atoms with Crippen LogP contribution in [0.4, 0.5) is 0 Å². The number of rotatable bonds is 9. The Hall–Kier alpha value is -2.13. The Balaban J connectivity index is 2.00. The smallest absolute Gasteiger partial charge is 0.253 e. The number of ether oxygens (including phenoxy) is 1. The lowest BCUT2D eigenvalue weighted by Crippen LogP contribution is -2.43. The van der Waals surface area contributed by atoms with Gasteiger partial charge in [0.15, 0.2) is 0 Å². The van der Waals surface area contributed by atoms with Gasteiger partial charge in [-0.1, -0.05) is 19.8 Å². The van der Waals surface area contributed by atoms with Gasteiger partial charge in [0.25, 0.3) is 5.91 Å². The van der Waals surface area contributed by atoms with Crippen LogP contribution in [0.3, 0.4) is 0 Å². The second-order valence-electron chi connectivity index (χ2n) is 7.14. The molecule has 0 unspecified atom stereocenters. The lowest BCUT2D eigenvalue weighted by Gasteiger charge is -2.31. The van der Waals surface area contributed by atoms with E-state index in [-0.39, 0.29) is 33.9 Å². The minimum atomic E-state index is -3.76. The molecule has 0 saturated carbocycles. The number of likely N-dealkylation sites (tertiary alicyclic amines) is 1. The van der Waals surface area contributed by atoms with Gasteiger partial charge in [0.2, 0.25) is 15.9 Å². The van der Waals surface area contributed by atoms with Crippen molar-refractivity contribution in [3.63, 3.8) is 0 Å². The van der Waals surface area contributed by atoms with Crippen molar-refractivity contribution in [1.29, 1.82) is 0 Å². The summed E-state index contributed by atoms with van der Waals surface area (Å²) < 4.78 is 31.8. The van der Waals surface area contributed by atoms with Crippen LogP contribution in [-0.2, 0) is 14.8 Å². The number of nitrogens with one attached hydrogen (secondary N) is 2. The van der Waals surface area contributed by atoms with E-state index in [0.717, 1.165) is 19.3 Å². The number of methoxy groups -OCH3 is 1. The molecule has 162 valence electrons. The summed E-state index contributed by atoms with van der Waals surface area (Å²) >= 11 is 0. The molecule has 0 bridgehead atoms. The first-order valence-electron chi connectivity index (χ1n) is 10.0. The first kappa shape index (κ1) is 23.2. The van der Waals surface area contributed by atoms with Crippen LogP contribution in [0, 0.1) is 5.92 Å². The Morgan fingerprint density at radius 1 is 1.21 bits per heavy atom. The second-order valence-corrected chi connectivity index (χ2v) is 8.99. The zero-order chi connectivity index (χ0) is 21.4. The zero-order valence-electron chi connectivity index (χ0n) is 17.4. The van der Waals surface area contributed by atoms with Crippen LogP contribution in [0.1, 0.15) is 49.4 Å². The van der Waals surface area contributed by atoms with Gasteiger partial charge >= 0.3 is 0 Å². The van der Waals surface area contributed by atoms with Crippen molar-refractivity contribution in [1.82, 2.24) is 14.9 Å². The Bertz CT molecular complexity index is 817. The molecule has 0 atom stereocenters. The van der Waals surface area contributed by atoms with Gasteiger partial charge in [-0.05, 0) is 44.5 Å². The molecule has 0 radical (unpaired) electrons. The molecule has 1 saturated heterocycles. The maximum atomic E-state index is 12.9. The molecule has 1 aliphatic rings. The first-order chi connectivity index (χ1) is 13.8. The fraction of sp³-hybridized carbons (Fsp3) is 0.600. The number of amides is 2. The average Bonchev–Trinajstić information content (AvgIpc) is 2.75. The van der Waals surface area contributed by atoms with Gasteiger partial charge in [0.05, 0.1) is 7.11 Å². The van der Waals surface area contributed by atoms with Crippen molar-refractivity contribution in [3.8, 4) is 5.75 Å². The third kappa shape index (κ3) is 5.93. The summed E-state index contributed by atoms with van der Waals surface area (Å²) in [5.41, 5.74) is 0.280. The molecule has 8 nitrogen and oxygen atoms in total. The van der Waals surface area contributed by atoms with E-state index in [1.807, 2.05) is 0 Å². The molecule has 0 spiro atoms. The van der Waals surface area contributed by atoms with Gasteiger partial charge in [-0.3, -0.25) is 9.59 Å². The zero-order valence-corrected chi connectivity index (χ0v) is 18.2. The van der Waals surface area contributed by atoms with Crippen LogP contribution in [0.2, 0.25) is 0 Å². The van der Waals surface area contributed by atoms with E-state index in [1.54, 1.807) is 11.0 Å². The second kappa shape index (κ2) is 10.6. The molecule has 0 aliphatic carbocycles. The predicted octanol–water partition coefficient (Wildman–Crippen LogP) is 1.76. The van der Waals surface area contributed by atoms with E-state index in [0.29, 0.717) is 32.5 Å². The average molecular weight is 426 g/mol. The number of hydrogen-bond acceptors (Lipinski definition) is 5. The van der Waals surface area contributed by atoms with Crippen molar-refractivity contribution in [2.45, 2.75) is 43.9 Å². The van der Waals surface area contributed by atoms with Crippen molar-refractivity contribution in [2.75, 3.05) is 33.8 Å². The summed E-state index contributed by atoms with van der Waals surface area (Å²) in [5, 5.41) is 2.98. The minimum absolute atomic E-state index is 0.0556. The summed E-state index contributed by atoms with van der Waals surface area (Å²) in [6.45, 7) is 3.74. The molecule has 0 aromatic heterocycles. The highest BCUT2D eigenvalue weighted by Gasteiger charge is 2.28. The number of nitrogens with zero attached hydrogens (tertiary/aromatic N) is 1. The van der Waals surface area contributed by atoms with Crippen LogP contribution < -0.4 is 14.8 Å². The van der Waals surface area contributed by atoms with E-state index in [1.165, 1.54) is 26.3 Å². The highest BCUT2D eigenvalue weighted by atomic mass is 32.2. The van der Waals surface area contributed by atoms with Crippen LogP contribution in [0.15, 0.2) is 23.1 Å². The number of benzene rings is 1. The molecule has 2 N–H and O–H groups in total. The number of carbonyl (C=O) groups is 2. The molecule has 1 aliphatic heterocycles. The third-order valence-corrected chi connectivity index (χ3v) is 6.64. The molecule has 1 aromatic carbocycles. The van der Waals surface area contributed by atoms with Gasteiger partial charge in [0.1, 0.15) is 10.6 Å². The van der Waals surface area contributed by atoms with Crippen LogP contribution in [0.25, 0.3) is 0 Å². The van der Waals surface area contributed by atoms with Gasteiger partial charge < -0.3 is 15.0 Å². The summed E-state index contributed by atoms with van der Waals surface area (Å²) in [6.07, 6.45) is 4.39. The highest BCUT2D eigenvalue weighted by Crippen LogP contribution is 2.26. The molecular weight excluding hydrogens is 394 g/mol. The number of unbranched alkanes of at least 4 members (excludes halogenated alkanes) is 2. The molecule has 1 fully saturated rings. The lowest BCUT2D eigenvalue weighted by molar-refractivity contribution is -0.126. The molecule has 2 rings (SSSR count). The highest BCUT2D eigenvalue weighted by molar-refractivity contribution is 7.89. The van der Waals surface area contributed by atoms with E-state index in [2.05, 4.69) is 17.0 Å². The van der Waals surface area contributed by atoms with Crippen LogP contribution >= 0.6 is 0 Å². The first-order valence-corrected chi connectivity index (χ1v) is 11.5. The Labute approximate surface area is 173 Å². The molecule has 29 heavy (non-hydrogen) atoms. The minimum Gasteiger partial charge on any atom is -0.495 e. The largest absolute Gasteiger partial charge is 0.495 e. The number of carbonyl (C=O) groups excluding carboxylic acids is 2. The summed E-state index contributed by atoms with van der Waals surface area (Å²) in [4.78, 5) is 26.7. The molecular formula is C20H31N3O5S. The monoisotopic (exact) mass is 425 g/mol. The van der Waals surface area contributed by atoms with Crippen molar-refractivity contribution < 1.29 is 22.7 Å². The number of piperidine rings is 1. The number of hydrogen-bond donors (Lipinski definition) is 2. The number of sulfonamides is 1. The van der Waals surface area contributed by atoms with Gasteiger partial charge in [-0.2, -0.15) is 0 Å². The van der Waals surface area contributed by atoms with E-state index in [4.69, 9.17) is 4.74 Å². The van der Waals surface area contributed by atoms with E-state index < -0.39 is 10.0 Å². The van der Waals surface area contributed by atoms with Crippen molar-refractivity contribution >= 4 is 21.8 Å². The fourth-order valence-corrected chi connectivity index (χ4v) is 4.31. The van der Waals surface area contributed by atoms with Crippen LogP contribution in [0.5, 0.6) is 5.75 Å². The lowest BCUT2D eigenvalue weighted by atomic mass is 9.95. The van der Waals surface area contributed by atoms with Gasteiger partial charge in [-0.25, -0.2) is 13.1 Å². The van der Waals surface area contributed by atoms with Crippen LogP contribution in [-0.4, -0.2) is 58.9 Å². The summed E-state index contributed by atoms with van der Waals surface area (Å²) in [5.74, 6) is -0.104. The van der Waals surface area contributed by atoms with Gasteiger partial charge in [0, 0.05) is 31.1 Å². The standard InChI is InChI=1S/C20H31N3O5S/c1-4-5-6-11-22-19(24)15-9-12-23(13-10-15)20(25)16-7-8-17(28-3)18(14-16)29(26,27)21-2/h7-8,14-15,21H,4-6,9-13H2,1-3H3,(H,22,24). The molecule has 9 heteroatoms. The Morgan fingerprint density at radius 3 is 2.48 bits per heavy atom. The fourth-order valence-electron chi connectivity index (χ4n) is 3.39. The Morgan fingerprint density at radius 2 is 1.90 bits per heavy atom. The van der Waals surface area contributed by atoms with Gasteiger partial charge in [-0.15, -0.1) is 0 Å². The SMILES string of the molecule is CCCCCNC(=O)C1CCN(C(=O)c2ccc(OC)c(S(=O)(=O)NC)c2)CC1. The quantitative estimate of drug-likeness (QED) is 0.587. The maximum Gasteiger partial charge on any atom is 0.253 e. The summed E-state index contributed by atoms with van der Waals surface area (Å²) in [6, 6.07) is 4.37. The van der Waals surface area contributed by atoms with Crippen molar-refractivity contribution in [2.24, 2.45) is 5.92 Å².